The number of nitrogens with zero attached hydrogens (tertiary/aromatic N) is 2. The summed E-state index contributed by atoms with van der Waals surface area (Å²) in [6.45, 7) is 9.62. The van der Waals surface area contributed by atoms with E-state index in [2.05, 4.69) is 31.3 Å². The highest BCUT2D eigenvalue weighted by Gasteiger charge is 2.18. The Morgan fingerprint density at radius 1 is 0.875 bits per heavy atom. The average molecular weight is 448 g/mol. The zero-order chi connectivity index (χ0) is 22.5. The van der Waals surface area contributed by atoms with Gasteiger partial charge in [-0.2, -0.15) is 0 Å². The molecule has 32 heavy (non-hydrogen) atoms. The van der Waals surface area contributed by atoms with Crippen molar-refractivity contribution in [3.63, 3.8) is 0 Å². The molecule has 0 aliphatic rings. The smallest absolute Gasteiger partial charge is 0.143 e. The highest BCUT2D eigenvalue weighted by molar-refractivity contribution is 7.19. The number of benzene rings is 2. The Morgan fingerprint density at radius 2 is 1.56 bits per heavy atom. The van der Waals surface area contributed by atoms with Gasteiger partial charge in [0.25, 0.3) is 0 Å². The van der Waals surface area contributed by atoms with Crippen LogP contribution in [0.4, 0.5) is 11.5 Å². The van der Waals surface area contributed by atoms with E-state index in [4.69, 9.17) is 19.4 Å². The van der Waals surface area contributed by atoms with E-state index in [1.165, 1.54) is 4.88 Å². The maximum Gasteiger partial charge on any atom is 0.143 e. The van der Waals surface area contributed by atoms with E-state index in [1.54, 1.807) is 11.3 Å². The summed E-state index contributed by atoms with van der Waals surface area (Å²) in [6.07, 6.45) is 2.18. The van der Waals surface area contributed by atoms with E-state index in [1.807, 2.05) is 50.2 Å². The van der Waals surface area contributed by atoms with Gasteiger partial charge >= 0.3 is 0 Å². The van der Waals surface area contributed by atoms with Gasteiger partial charge in [0.1, 0.15) is 28.0 Å². The number of rotatable bonds is 9. The molecule has 0 saturated heterocycles. The third kappa shape index (κ3) is 4.86. The molecule has 0 spiro atoms. The molecular formula is C26H29N3O2S. The van der Waals surface area contributed by atoms with Crippen LogP contribution < -0.4 is 14.8 Å². The second-order valence-corrected chi connectivity index (χ2v) is 8.84. The molecule has 2 aromatic carbocycles. The fraction of sp³-hybridized carbons (Fsp3) is 0.308. The van der Waals surface area contributed by atoms with Crippen molar-refractivity contribution in [3.05, 3.63) is 59.2 Å². The molecule has 0 aliphatic heterocycles. The number of anilines is 2. The van der Waals surface area contributed by atoms with Gasteiger partial charge in [-0.05, 0) is 69.2 Å². The number of fused-ring (bicyclic) bond motifs is 1. The Balaban J connectivity index is 1.68. The molecule has 5 nitrogen and oxygen atoms in total. The van der Waals surface area contributed by atoms with Gasteiger partial charge in [0.15, 0.2) is 0 Å². The van der Waals surface area contributed by atoms with E-state index in [9.17, 15) is 0 Å². The summed E-state index contributed by atoms with van der Waals surface area (Å²) in [5.74, 6) is 3.33. The van der Waals surface area contributed by atoms with E-state index < -0.39 is 0 Å². The number of hydrogen-bond acceptors (Lipinski definition) is 6. The van der Waals surface area contributed by atoms with Crippen LogP contribution in [-0.2, 0) is 0 Å². The maximum absolute atomic E-state index is 5.79. The molecule has 0 amide bonds. The van der Waals surface area contributed by atoms with Gasteiger partial charge < -0.3 is 14.8 Å². The highest BCUT2D eigenvalue weighted by atomic mass is 32.1. The molecule has 2 heterocycles. The van der Waals surface area contributed by atoms with Crippen LogP contribution in [0.5, 0.6) is 11.5 Å². The van der Waals surface area contributed by atoms with Crippen LogP contribution >= 0.6 is 11.3 Å². The summed E-state index contributed by atoms with van der Waals surface area (Å²) in [6, 6.07) is 16.3. The zero-order valence-electron chi connectivity index (χ0n) is 19.1. The lowest BCUT2D eigenvalue weighted by Crippen LogP contribution is -1.99. The van der Waals surface area contributed by atoms with Crippen LogP contribution in [0, 0.1) is 13.8 Å². The summed E-state index contributed by atoms with van der Waals surface area (Å²) >= 11 is 1.70. The molecule has 4 rings (SSSR count). The molecule has 0 saturated carbocycles. The first kappa shape index (κ1) is 22.1. The SMILES string of the molecule is CCCCOc1ccc(Nc2nc(C)nc3sc(C)c(-c4ccc(OCC)cc4)c23)cc1. The molecular weight excluding hydrogens is 418 g/mol. The summed E-state index contributed by atoms with van der Waals surface area (Å²) in [5.41, 5.74) is 3.26. The molecule has 0 fully saturated rings. The molecule has 1 N–H and O–H groups in total. The normalized spacial score (nSPS) is 11.0. The van der Waals surface area contributed by atoms with Crippen molar-refractivity contribution in [2.45, 2.75) is 40.5 Å². The van der Waals surface area contributed by atoms with Gasteiger partial charge in [-0.1, -0.05) is 25.5 Å². The second kappa shape index (κ2) is 10.0. The van der Waals surface area contributed by atoms with Crippen molar-refractivity contribution < 1.29 is 9.47 Å². The maximum atomic E-state index is 5.79. The summed E-state index contributed by atoms with van der Waals surface area (Å²) in [5, 5.41) is 4.56. The predicted octanol–water partition coefficient (Wildman–Crippen LogP) is 7.30. The first-order valence-corrected chi connectivity index (χ1v) is 11.9. The van der Waals surface area contributed by atoms with Crippen LogP contribution in [0.3, 0.4) is 0 Å². The van der Waals surface area contributed by atoms with Crippen molar-refractivity contribution in [3.8, 4) is 22.6 Å². The summed E-state index contributed by atoms with van der Waals surface area (Å²) in [7, 11) is 0. The molecule has 0 bridgehead atoms. The van der Waals surface area contributed by atoms with E-state index in [0.717, 1.165) is 69.6 Å². The largest absolute Gasteiger partial charge is 0.494 e. The van der Waals surface area contributed by atoms with Crippen LogP contribution in [0.2, 0.25) is 0 Å². The van der Waals surface area contributed by atoms with Crippen LogP contribution in [0.1, 0.15) is 37.4 Å². The van der Waals surface area contributed by atoms with Gasteiger partial charge in [-0.25, -0.2) is 9.97 Å². The molecule has 2 aromatic heterocycles. The molecule has 0 atom stereocenters. The molecule has 0 unspecified atom stereocenters. The Bertz CT molecular complexity index is 1180. The second-order valence-electron chi connectivity index (χ2n) is 7.64. The van der Waals surface area contributed by atoms with E-state index in [0.29, 0.717) is 6.61 Å². The fourth-order valence-electron chi connectivity index (χ4n) is 3.65. The monoisotopic (exact) mass is 447 g/mol. The van der Waals surface area contributed by atoms with Gasteiger partial charge in [0.05, 0.1) is 18.6 Å². The quantitative estimate of drug-likeness (QED) is 0.273. The van der Waals surface area contributed by atoms with Gasteiger partial charge in [-0.3, -0.25) is 0 Å². The van der Waals surface area contributed by atoms with E-state index >= 15 is 0 Å². The number of ether oxygens (including phenoxy) is 2. The van der Waals surface area contributed by atoms with Crippen molar-refractivity contribution in [1.82, 2.24) is 9.97 Å². The lowest BCUT2D eigenvalue weighted by atomic mass is 10.0. The number of aromatic nitrogens is 2. The predicted molar refractivity (Wildman–Crippen MR) is 134 cm³/mol. The van der Waals surface area contributed by atoms with Crippen LogP contribution in [0.25, 0.3) is 21.3 Å². The summed E-state index contributed by atoms with van der Waals surface area (Å²) in [4.78, 5) is 11.7. The standard InChI is InChI=1S/C26H29N3O2S/c1-5-7-16-31-22-14-10-20(11-15-22)29-25-24-23(17(3)32-26(24)28-18(4)27-25)19-8-12-21(13-9-19)30-6-2/h8-15H,5-7,16H2,1-4H3,(H,27,28,29). The zero-order valence-corrected chi connectivity index (χ0v) is 19.9. The first-order chi connectivity index (χ1) is 15.6. The number of unbranched alkanes of at least 4 members (excludes halogenated alkanes) is 1. The molecule has 0 aliphatic carbocycles. The van der Waals surface area contributed by atoms with Gasteiger partial charge in [0.2, 0.25) is 0 Å². The number of nitrogens with one attached hydrogen (secondary N) is 1. The average Bonchev–Trinajstić information content (AvgIpc) is 3.11. The molecule has 0 radical (unpaired) electrons. The van der Waals surface area contributed by atoms with Crippen molar-refractivity contribution in [2.75, 3.05) is 18.5 Å². The lowest BCUT2D eigenvalue weighted by Gasteiger charge is -2.12. The third-order valence-electron chi connectivity index (χ3n) is 5.18. The van der Waals surface area contributed by atoms with Crippen LogP contribution in [-0.4, -0.2) is 23.2 Å². The lowest BCUT2D eigenvalue weighted by molar-refractivity contribution is 0.309. The van der Waals surface area contributed by atoms with Gasteiger partial charge in [-0.15, -0.1) is 11.3 Å². The minimum atomic E-state index is 0.656. The first-order valence-electron chi connectivity index (χ1n) is 11.1. The Labute approximate surface area is 193 Å². The molecule has 166 valence electrons. The highest BCUT2D eigenvalue weighted by Crippen LogP contribution is 2.41. The topological polar surface area (TPSA) is 56.3 Å². The van der Waals surface area contributed by atoms with Crippen molar-refractivity contribution >= 4 is 33.1 Å². The summed E-state index contributed by atoms with van der Waals surface area (Å²) < 4.78 is 11.4. The Morgan fingerprint density at radius 3 is 2.25 bits per heavy atom. The molecule has 4 aromatic rings. The molecule has 6 heteroatoms. The number of aryl methyl sites for hydroxylation is 2. The van der Waals surface area contributed by atoms with Gasteiger partial charge in [0, 0.05) is 16.1 Å². The fourth-order valence-corrected chi connectivity index (χ4v) is 4.74. The Hall–Kier alpha value is -3.12. The van der Waals surface area contributed by atoms with Crippen molar-refractivity contribution in [1.29, 1.82) is 0 Å². The van der Waals surface area contributed by atoms with Crippen LogP contribution in [0.15, 0.2) is 48.5 Å². The number of hydrogen-bond donors (Lipinski definition) is 1. The van der Waals surface area contributed by atoms with Crippen molar-refractivity contribution in [2.24, 2.45) is 0 Å². The van der Waals surface area contributed by atoms with E-state index in [-0.39, 0.29) is 0 Å². The third-order valence-corrected chi connectivity index (χ3v) is 6.18. The Kier molecular flexibility index (Phi) is 6.90. The minimum Gasteiger partial charge on any atom is -0.494 e. The number of thiophene rings is 1. The minimum absolute atomic E-state index is 0.656.